The molecule has 0 unspecified atom stereocenters. The number of carboxylic acid groups (broad SMARTS) is 1. The smallest absolute Gasteiger partial charge is 0.410 e. The monoisotopic (exact) mass is 249 g/mol. The molecule has 1 aromatic heterocycles. The topological polar surface area (TPSA) is 67.2 Å². The maximum absolute atomic E-state index is 12.8. The molecule has 0 saturated heterocycles. The second-order valence-corrected chi connectivity index (χ2v) is 4.00. The van der Waals surface area contributed by atoms with E-state index in [2.05, 4.69) is 10.4 Å². The van der Waals surface area contributed by atoms with Crippen molar-refractivity contribution in [1.29, 1.82) is 0 Å². The highest BCUT2D eigenvalue weighted by Crippen LogP contribution is 2.39. The molecule has 2 rings (SSSR count). The van der Waals surface area contributed by atoms with Crippen molar-refractivity contribution < 1.29 is 23.1 Å². The van der Waals surface area contributed by atoms with E-state index < -0.39 is 23.9 Å². The van der Waals surface area contributed by atoms with Gasteiger partial charge in [0, 0.05) is 12.1 Å². The van der Waals surface area contributed by atoms with Crippen molar-refractivity contribution in [1.82, 2.24) is 9.78 Å². The molecule has 0 spiro atoms. The molecule has 0 bridgehead atoms. The number of halogens is 3. The Labute approximate surface area is 94.2 Å². The molecule has 0 aliphatic carbocycles. The van der Waals surface area contributed by atoms with E-state index in [0.29, 0.717) is 4.68 Å². The van der Waals surface area contributed by atoms with Gasteiger partial charge >= 0.3 is 12.1 Å². The molecule has 1 aliphatic heterocycles. The molecule has 0 radical (unpaired) electrons. The zero-order valence-electron chi connectivity index (χ0n) is 8.82. The molecule has 1 aliphatic rings. The molecule has 2 N–H and O–H groups in total. The van der Waals surface area contributed by atoms with Crippen LogP contribution in [0, 0.1) is 0 Å². The number of carbonyl (C=O) groups is 1. The zero-order chi connectivity index (χ0) is 12.8. The van der Waals surface area contributed by atoms with Gasteiger partial charge in [-0.3, -0.25) is 0 Å². The summed E-state index contributed by atoms with van der Waals surface area (Å²) in [5.74, 6) is -1.26. The van der Waals surface area contributed by atoms with Crippen LogP contribution in [0.3, 0.4) is 0 Å². The van der Waals surface area contributed by atoms with E-state index in [1.165, 1.54) is 0 Å². The molecule has 5 nitrogen and oxygen atoms in total. The van der Waals surface area contributed by atoms with Gasteiger partial charge < -0.3 is 10.4 Å². The van der Waals surface area contributed by atoms with Crippen LogP contribution in [0.5, 0.6) is 0 Å². The summed E-state index contributed by atoms with van der Waals surface area (Å²) in [7, 11) is 0. The SMILES string of the molecule is C[C@H]1C[C@@H](C(F)(F)F)n2nc(C(=O)O)cc2N1. The van der Waals surface area contributed by atoms with Crippen molar-refractivity contribution >= 4 is 11.8 Å². The van der Waals surface area contributed by atoms with Gasteiger partial charge in [-0.05, 0) is 13.3 Å². The van der Waals surface area contributed by atoms with Crippen LogP contribution in [0.4, 0.5) is 19.0 Å². The lowest BCUT2D eigenvalue weighted by molar-refractivity contribution is -0.173. The fourth-order valence-corrected chi connectivity index (χ4v) is 1.86. The number of carboxylic acids is 1. The lowest BCUT2D eigenvalue weighted by atomic mass is 10.1. The number of anilines is 1. The number of aromatic nitrogens is 2. The van der Waals surface area contributed by atoms with E-state index in [1.54, 1.807) is 6.92 Å². The molecule has 94 valence electrons. The van der Waals surface area contributed by atoms with Crippen molar-refractivity contribution in [3.05, 3.63) is 11.8 Å². The number of aromatic carboxylic acids is 1. The fraction of sp³-hybridized carbons (Fsp3) is 0.556. The van der Waals surface area contributed by atoms with E-state index in [-0.39, 0.29) is 18.3 Å². The van der Waals surface area contributed by atoms with Gasteiger partial charge in [0.1, 0.15) is 5.82 Å². The third-order valence-electron chi connectivity index (χ3n) is 2.60. The minimum Gasteiger partial charge on any atom is -0.476 e. The van der Waals surface area contributed by atoms with Crippen LogP contribution in [0.25, 0.3) is 0 Å². The minimum atomic E-state index is -4.44. The molecule has 1 aromatic rings. The molecule has 2 heterocycles. The van der Waals surface area contributed by atoms with Gasteiger partial charge in [0.25, 0.3) is 0 Å². The molecule has 0 amide bonds. The molecule has 0 fully saturated rings. The summed E-state index contributed by atoms with van der Waals surface area (Å²) in [6.07, 6.45) is -4.61. The van der Waals surface area contributed by atoms with Crippen LogP contribution >= 0.6 is 0 Å². The van der Waals surface area contributed by atoms with E-state index in [0.717, 1.165) is 6.07 Å². The summed E-state index contributed by atoms with van der Waals surface area (Å²) in [6, 6.07) is -1.05. The Hall–Kier alpha value is -1.73. The average molecular weight is 249 g/mol. The highest BCUT2D eigenvalue weighted by atomic mass is 19.4. The Morgan fingerprint density at radius 3 is 2.82 bits per heavy atom. The van der Waals surface area contributed by atoms with Crippen LogP contribution in [0.1, 0.15) is 29.9 Å². The maximum atomic E-state index is 12.8. The second kappa shape index (κ2) is 3.64. The third kappa shape index (κ3) is 2.06. The molecule has 0 saturated carbocycles. The van der Waals surface area contributed by atoms with Crippen LogP contribution in [0.15, 0.2) is 6.07 Å². The fourth-order valence-electron chi connectivity index (χ4n) is 1.86. The summed E-state index contributed by atoms with van der Waals surface area (Å²) in [5, 5.41) is 14.9. The van der Waals surface area contributed by atoms with Crippen molar-refractivity contribution in [2.75, 3.05) is 5.32 Å². The molecule has 2 atom stereocenters. The molecule has 8 heteroatoms. The lowest BCUT2D eigenvalue weighted by Crippen LogP contribution is -2.37. The normalized spacial score (nSPS) is 24.0. The first kappa shape index (κ1) is 11.7. The number of hydrogen-bond donors (Lipinski definition) is 2. The number of fused-ring (bicyclic) bond motifs is 1. The Kier molecular flexibility index (Phi) is 2.52. The summed E-state index contributed by atoms with van der Waals surface area (Å²) in [5.41, 5.74) is -0.393. The Morgan fingerprint density at radius 1 is 1.65 bits per heavy atom. The van der Waals surface area contributed by atoms with Gasteiger partial charge in [0.05, 0.1) is 0 Å². The predicted molar refractivity (Wildman–Crippen MR) is 52.0 cm³/mol. The van der Waals surface area contributed by atoms with E-state index >= 15 is 0 Å². The first-order valence-electron chi connectivity index (χ1n) is 4.95. The summed E-state index contributed by atoms with van der Waals surface area (Å²) < 4.78 is 39.0. The van der Waals surface area contributed by atoms with Gasteiger partial charge in [-0.15, -0.1) is 0 Å². The maximum Gasteiger partial charge on any atom is 0.410 e. The minimum absolute atomic E-state index is 0.0866. The molecular formula is C9H10F3N3O2. The number of hydrogen-bond acceptors (Lipinski definition) is 3. The van der Waals surface area contributed by atoms with Crippen molar-refractivity contribution in [2.45, 2.75) is 31.6 Å². The standard InChI is InChI=1S/C9H10F3N3O2/c1-4-2-6(9(10,11)12)15-7(13-4)3-5(14-15)8(16)17/h3-4,6,13H,2H2,1H3,(H,16,17)/t4-,6-/m0/s1. The zero-order valence-corrected chi connectivity index (χ0v) is 8.82. The average Bonchev–Trinajstić information content (AvgIpc) is 2.58. The molecule has 0 aromatic carbocycles. The van der Waals surface area contributed by atoms with Crippen LogP contribution in [-0.4, -0.2) is 33.1 Å². The van der Waals surface area contributed by atoms with E-state index in [1.807, 2.05) is 0 Å². The van der Waals surface area contributed by atoms with Crippen LogP contribution < -0.4 is 5.32 Å². The Morgan fingerprint density at radius 2 is 2.29 bits per heavy atom. The van der Waals surface area contributed by atoms with E-state index in [4.69, 9.17) is 5.11 Å². The van der Waals surface area contributed by atoms with Gasteiger partial charge in [-0.2, -0.15) is 18.3 Å². The third-order valence-corrected chi connectivity index (χ3v) is 2.60. The van der Waals surface area contributed by atoms with E-state index in [9.17, 15) is 18.0 Å². The first-order chi connectivity index (χ1) is 7.79. The predicted octanol–water partition coefficient (Wildman–Crippen LogP) is 1.89. The van der Waals surface area contributed by atoms with Gasteiger partial charge in [0.2, 0.25) is 0 Å². The number of nitrogens with zero attached hydrogens (tertiary/aromatic N) is 2. The number of nitrogens with one attached hydrogen (secondary N) is 1. The van der Waals surface area contributed by atoms with Gasteiger partial charge in [-0.25, -0.2) is 9.48 Å². The first-order valence-corrected chi connectivity index (χ1v) is 4.95. The van der Waals surface area contributed by atoms with Crippen molar-refractivity contribution in [3.8, 4) is 0 Å². The Bertz CT molecular complexity index is 455. The summed E-state index contributed by atoms with van der Waals surface area (Å²) in [6.45, 7) is 1.61. The highest BCUT2D eigenvalue weighted by Gasteiger charge is 2.45. The Balaban J connectivity index is 2.45. The van der Waals surface area contributed by atoms with Crippen LogP contribution in [-0.2, 0) is 0 Å². The molecule has 17 heavy (non-hydrogen) atoms. The van der Waals surface area contributed by atoms with Crippen molar-refractivity contribution in [3.63, 3.8) is 0 Å². The second-order valence-electron chi connectivity index (χ2n) is 4.00. The summed E-state index contributed by atoms with van der Waals surface area (Å²) in [4.78, 5) is 10.7. The molecular weight excluding hydrogens is 239 g/mol. The highest BCUT2D eigenvalue weighted by molar-refractivity contribution is 5.86. The van der Waals surface area contributed by atoms with Crippen molar-refractivity contribution in [2.24, 2.45) is 0 Å². The van der Waals surface area contributed by atoms with Gasteiger partial charge in [-0.1, -0.05) is 0 Å². The number of alkyl halides is 3. The summed E-state index contributed by atoms with van der Waals surface area (Å²) >= 11 is 0. The lowest BCUT2D eigenvalue weighted by Gasteiger charge is -2.31. The largest absolute Gasteiger partial charge is 0.476 e. The van der Waals surface area contributed by atoms with Gasteiger partial charge in [0.15, 0.2) is 11.7 Å². The number of rotatable bonds is 1. The quantitative estimate of drug-likeness (QED) is 0.797. The van der Waals surface area contributed by atoms with Crippen LogP contribution in [0.2, 0.25) is 0 Å².